The van der Waals surface area contributed by atoms with Gasteiger partial charge in [-0.3, -0.25) is 0 Å². The summed E-state index contributed by atoms with van der Waals surface area (Å²) in [4.78, 5) is 28.0. The zero-order valence-corrected chi connectivity index (χ0v) is 19.4. The van der Waals surface area contributed by atoms with Crippen molar-refractivity contribution in [1.29, 1.82) is 0 Å². The molecule has 0 bridgehead atoms. The molecule has 0 saturated carbocycles. The molecular weight excluding hydrogens is 461 g/mol. The van der Waals surface area contributed by atoms with Crippen molar-refractivity contribution in [3.8, 4) is 5.69 Å². The number of rotatable bonds is 3. The SMILES string of the molecule is CN1CCCc2ccc(Nc3ncc4c(N)n(-c5c(Cl)cccc5Cl)c(=O)nc4n3)cc2C1. The lowest BCUT2D eigenvalue weighted by atomic mass is 10.0. The first kappa shape index (κ1) is 21.6. The summed E-state index contributed by atoms with van der Waals surface area (Å²) < 4.78 is 1.17. The molecule has 2 aromatic heterocycles. The highest BCUT2D eigenvalue weighted by Crippen LogP contribution is 2.30. The molecule has 0 aliphatic carbocycles. The van der Waals surface area contributed by atoms with Gasteiger partial charge in [0.15, 0.2) is 5.65 Å². The van der Waals surface area contributed by atoms with Crippen LogP contribution in [0.25, 0.3) is 16.7 Å². The van der Waals surface area contributed by atoms with E-state index in [1.54, 1.807) is 18.2 Å². The van der Waals surface area contributed by atoms with Crippen molar-refractivity contribution >= 4 is 51.7 Å². The minimum atomic E-state index is -0.632. The zero-order chi connectivity index (χ0) is 23.1. The quantitative estimate of drug-likeness (QED) is 0.452. The summed E-state index contributed by atoms with van der Waals surface area (Å²) in [5.74, 6) is 0.434. The molecule has 3 heterocycles. The second kappa shape index (κ2) is 8.62. The van der Waals surface area contributed by atoms with Gasteiger partial charge >= 0.3 is 5.69 Å². The lowest BCUT2D eigenvalue weighted by Gasteiger charge is -2.15. The Hall–Kier alpha value is -3.20. The van der Waals surface area contributed by atoms with Gasteiger partial charge in [-0.1, -0.05) is 35.3 Å². The molecule has 4 aromatic rings. The van der Waals surface area contributed by atoms with Gasteiger partial charge in [0.25, 0.3) is 0 Å². The van der Waals surface area contributed by atoms with E-state index >= 15 is 0 Å². The molecule has 3 N–H and O–H groups in total. The standard InChI is InChI=1S/C23H21Cl2N7O/c1-31-9-3-4-13-7-8-15(10-14(13)12-31)28-22-27-11-16-20(26)32(23(33)30-21(16)29-22)19-17(24)5-2-6-18(19)25/h2,5-8,10-11H,3-4,9,12,26H2,1H3,(H,28,29,30,33). The largest absolute Gasteiger partial charge is 0.384 e. The highest BCUT2D eigenvalue weighted by Gasteiger charge is 2.18. The number of hydrogen-bond acceptors (Lipinski definition) is 7. The molecule has 0 spiro atoms. The van der Waals surface area contributed by atoms with E-state index in [1.165, 1.54) is 21.9 Å². The van der Waals surface area contributed by atoms with Crippen LogP contribution in [0.1, 0.15) is 17.5 Å². The average Bonchev–Trinajstić information content (AvgIpc) is 2.95. The van der Waals surface area contributed by atoms with Crippen LogP contribution in [-0.2, 0) is 13.0 Å². The molecule has 1 aliphatic heterocycles. The van der Waals surface area contributed by atoms with Crippen molar-refractivity contribution in [3.63, 3.8) is 0 Å². The number of hydrogen-bond donors (Lipinski definition) is 2. The normalized spacial score (nSPS) is 14.2. The fourth-order valence-corrected chi connectivity index (χ4v) is 4.68. The Morgan fingerprint density at radius 3 is 2.67 bits per heavy atom. The second-order valence-corrected chi connectivity index (χ2v) is 8.88. The predicted molar refractivity (Wildman–Crippen MR) is 132 cm³/mol. The van der Waals surface area contributed by atoms with Crippen molar-refractivity contribution < 1.29 is 0 Å². The molecule has 0 atom stereocenters. The van der Waals surface area contributed by atoms with Crippen molar-refractivity contribution in [2.24, 2.45) is 0 Å². The summed E-state index contributed by atoms with van der Waals surface area (Å²) in [5.41, 5.74) is 9.63. The molecule has 8 nitrogen and oxygen atoms in total. The molecule has 2 aromatic carbocycles. The second-order valence-electron chi connectivity index (χ2n) is 8.07. The van der Waals surface area contributed by atoms with Gasteiger partial charge in [0.1, 0.15) is 5.82 Å². The molecule has 0 unspecified atom stereocenters. The van der Waals surface area contributed by atoms with Gasteiger partial charge in [0.05, 0.1) is 21.1 Å². The number of nitrogens with two attached hydrogens (primary N) is 1. The van der Waals surface area contributed by atoms with Crippen LogP contribution in [0.5, 0.6) is 0 Å². The molecule has 10 heteroatoms. The van der Waals surface area contributed by atoms with Gasteiger partial charge < -0.3 is 16.0 Å². The maximum absolute atomic E-state index is 12.8. The average molecular weight is 482 g/mol. The van der Waals surface area contributed by atoms with Gasteiger partial charge in [0.2, 0.25) is 5.95 Å². The van der Waals surface area contributed by atoms with Gasteiger partial charge in [0, 0.05) is 18.4 Å². The molecule has 168 valence electrons. The summed E-state index contributed by atoms with van der Waals surface area (Å²) >= 11 is 12.5. The van der Waals surface area contributed by atoms with Gasteiger partial charge in [-0.2, -0.15) is 9.97 Å². The van der Waals surface area contributed by atoms with Gasteiger partial charge in [-0.15, -0.1) is 0 Å². The van der Waals surface area contributed by atoms with E-state index in [4.69, 9.17) is 28.9 Å². The first-order chi connectivity index (χ1) is 15.9. The van der Waals surface area contributed by atoms with Crippen molar-refractivity contribution in [2.45, 2.75) is 19.4 Å². The summed E-state index contributed by atoms with van der Waals surface area (Å²) in [6.45, 7) is 1.97. The smallest absolute Gasteiger partial charge is 0.355 e. The monoisotopic (exact) mass is 481 g/mol. The maximum Gasteiger partial charge on any atom is 0.355 e. The number of aryl methyl sites for hydroxylation is 1. The molecule has 0 radical (unpaired) electrons. The number of nitrogens with one attached hydrogen (secondary N) is 1. The third-order valence-electron chi connectivity index (χ3n) is 5.73. The first-order valence-corrected chi connectivity index (χ1v) is 11.2. The fourth-order valence-electron chi connectivity index (χ4n) is 4.11. The Bertz CT molecular complexity index is 1420. The van der Waals surface area contributed by atoms with Crippen LogP contribution in [0.2, 0.25) is 10.0 Å². The Morgan fingerprint density at radius 1 is 1.09 bits per heavy atom. The van der Waals surface area contributed by atoms with Crippen LogP contribution in [0, 0.1) is 0 Å². The summed E-state index contributed by atoms with van der Waals surface area (Å²) in [5, 5.41) is 4.19. The van der Waals surface area contributed by atoms with Crippen LogP contribution in [0.4, 0.5) is 17.5 Å². The van der Waals surface area contributed by atoms with Crippen LogP contribution in [-0.4, -0.2) is 38.0 Å². The summed E-state index contributed by atoms with van der Waals surface area (Å²) in [6.07, 6.45) is 3.75. The molecule has 33 heavy (non-hydrogen) atoms. The number of aromatic nitrogens is 4. The molecule has 0 fully saturated rings. The Balaban J connectivity index is 1.52. The van der Waals surface area contributed by atoms with Crippen LogP contribution in [0.3, 0.4) is 0 Å². The number of benzene rings is 2. The topological polar surface area (TPSA) is 102 Å². The number of nitrogens with zero attached hydrogens (tertiary/aromatic N) is 5. The third-order valence-corrected chi connectivity index (χ3v) is 6.34. The van der Waals surface area contributed by atoms with Crippen molar-refractivity contribution in [1.82, 2.24) is 24.4 Å². The molecule has 1 aliphatic rings. The van der Waals surface area contributed by atoms with Gasteiger partial charge in [-0.05, 0) is 61.8 Å². The highest BCUT2D eigenvalue weighted by atomic mass is 35.5. The summed E-state index contributed by atoms with van der Waals surface area (Å²) in [7, 11) is 2.13. The Kier molecular flexibility index (Phi) is 5.65. The van der Waals surface area contributed by atoms with Crippen LogP contribution in [0.15, 0.2) is 47.4 Å². The van der Waals surface area contributed by atoms with Crippen molar-refractivity contribution in [3.05, 3.63) is 74.3 Å². The van der Waals surface area contributed by atoms with Crippen LogP contribution < -0.4 is 16.7 Å². The lowest BCUT2D eigenvalue weighted by molar-refractivity contribution is 0.332. The van der Waals surface area contributed by atoms with Gasteiger partial charge in [-0.25, -0.2) is 14.3 Å². The number of para-hydroxylation sites is 1. The van der Waals surface area contributed by atoms with Crippen LogP contribution >= 0.6 is 23.2 Å². The fraction of sp³-hybridized carbons (Fsp3) is 0.217. The van der Waals surface area contributed by atoms with E-state index in [1.807, 2.05) is 6.07 Å². The number of halogens is 2. The predicted octanol–water partition coefficient (Wildman–Crippen LogP) is 4.19. The van der Waals surface area contributed by atoms with E-state index in [0.29, 0.717) is 11.3 Å². The van der Waals surface area contributed by atoms with E-state index in [9.17, 15) is 4.79 Å². The van der Waals surface area contributed by atoms with E-state index in [0.717, 1.165) is 31.6 Å². The van der Waals surface area contributed by atoms with E-state index < -0.39 is 5.69 Å². The minimum absolute atomic E-state index is 0.111. The lowest BCUT2D eigenvalue weighted by Crippen LogP contribution is -2.25. The molecule has 0 amide bonds. The Morgan fingerprint density at radius 2 is 1.88 bits per heavy atom. The third kappa shape index (κ3) is 4.13. The van der Waals surface area contributed by atoms with Crippen molar-refractivity contribution in [2.75, 3.05) is 24.6 Å². The number of nitrogen functional groups attached to an aromatic ring is 1. The minimum Gasteiger partial charge on any atom is -0.384 e. The molecule has 5 rings (SSSR count). The zero-order valence-electron chi connectivity index (χ0n) is 17.8. The number of fused-ring (bicyclic) bond motifs is 2. The van der Waals surface area contributed by atoms with E-state index in [2.05, 4.69) is 44.3 Å². The summed E-state index contributed by atoms with van der Waals surface area (Å²) in [6, 6.07) is 11.2. The highest BCUT2D eigenvalue weighted by molar-refractivity contribution is 6.37. The first-order valence-electron chi connectivity index (χ1n) is 10.5. The number of anilines is 3. The maximum atomic E-state index is 12.8. The molecule has 0 saturated heterocycles. The Labute approximate surface area is 200 Å². The molecular formula is C23H21Cl2N7O. The van der Waals surface area contributed by atoms with E-state index in [-0.39, 0.29) is 27.2 Å².